The van der Waals surface area contributed by atoms with Crippen LogP contribution in [0.25, 0.3) is 0 Å². The van der Waals surface area contributed by atoms with Gasteiger partial charge in [0.1, 0.15) is 0 Å². The summed E-state index contributed by atoms with van der Waals surface area (Å²) in [5, 5.41) is 0. The van der Waals surface area contributed by atoms with E-state index in [1.165, 1.54) is 6.42 Å². The normalized spacial score (nSPS) is 47.0. The van der Waals surface area contributed by atoms with Gasteiger partial charge < -0.3 is 5.73 Å². The van der Waals surface area contributed by atoms with E-state index in [4.69, 9.17) is 5.73 Å². The van der Waals surface area contributed by atoms with Crippen LogP contribution < -0.4 is 5.73 Å². The van der Waals surface area contributed by atoms with Gasteiger partial charge in [0.05, 0.1) is 17.9 Å². The van der Waals surface area contributed by atoms with Crippen molar-refractivity contribution in [3.63, 3.8) is 0 Å². The van der Waals surface area contributed by atoms with E-state index in [1.807, 2.05) is 0 Å². The van der Waals surface area contributed by atoms with Crippen molar-refractivity contribution in [2.75, 3.05) is 0 Å². The molecule has 108 valence electrons. The number of nitrogens with two attached hydrogens (primary N) is 1. The predicted molar refractivity (Wildman–Crippen MR) is 74.4 cm³/mol. The summed E-state index contributed by atoms with van der Waals surface area (Å²) in [5.74, 6) is 0.584. The number of allylic oxidation sites excluding steroid dienone is 2. The number of likely N-dealkylation sites (tertiary alicyclic amines) is 1. The number of hydrogen-bond donors (Lipinski definition) is 1. The Balaban J connectivity index is 1.63. The van der Waals surface area contributed by atoms with Gasteiger partial charge in [0, 0.05) is 6.04 Å². The Hall–Kier alpha value is -1.16. The van der Waals surface area contributed by atoms with Crippen molar-refractivity contribution in [2.45, 2.75) is 50.6 Å². The first-order valence-electron chi connectivity index (χ1n) is 7.99. The third-order valence-electron chi connectivity index (χ3n) is 5.87. The van der Waals surface area contributed by atoms with Crippen LogP contribution in [-0.4, -0.2) is 28.8 Å². The minimum Gasteiger partial charge on any atom is -0.326 e. The summed E-state index contributed by atoms with van der Waals surface area (Å²) in [5.41, 5.74) is 6.26. The molecule has 6 unspecified atom stereocenters. The van der Waals surface area contributed by atoms with Gasteiger partial charge in [-0.05, 0) is 31.1 Å². The second-order valence-corrected chi connectivity index (χ2v) is 6.92. The minimum absolute atomic E-state index is 0.0326. The molecule has 2 saturated carbocycles. The maximum Gasteiger partial charge on any atom is 0.234 e. The first kappa shape index (κ1) is 12.6. The average molecular weight is 274 g/mol. The highest BCUT2D eigenvalue weighted by molar-refractivity contribution is 6.06. The highest BCUT2D eigenvalue weighted by Crippen LogP contribution is 2.53. The number of amides is 2. The number of nitrogens with zero attached hydrogens (tertiary/aromatic N) is 1. The Bertz CT molecular complexity index is 457. The molecule has 2 bridgehead atoms. The summed E-state index contributed by atoms with van der Waals surface area (Å²) in [6, 6.07) is -0.0858. The number of carbonyl (C=O) groups is 2. The molecule has 1 saturated heterocycles. The number of rotatable bonds is 1. The molecule has 4 aliphatic rings. The molecule has 2 N–H and O–H groups in total. The summed E-state index contributed by atoms with van der Waals surface area (Å²) in [6.07, 6.45) is 10.5. The van der Waals surface area contributed by atoms with E-state index in [-0.39, 0.29) is 35.7 Å². The molecule has 2 amide bonds. The van der Waals surface area contributed by atoms with Crippen LogP contribution in [0.3, 0.4) is 0 Å². The molecule has 1 aliphatic heterocycles. The average Bonchev–Trinajstić information content (AvgIpc) is 3.05. The Morgan fingerprint density at radius 2 is 1.55 bits per heavy atom. The molecule has 20 heavy (non-hydrogen) atoms. The first-order valence-corrected chi connectivity index (χ1v) is 7.99. The van der Waals surface area contributed by atoms with Gasteiger partial charge in [-0.3, -0.25) is 14.5 Å². The third-order valence-corrected chi connectivity index (χ3v) is 5.87. The largest absolute Gasteiger partial charge is 0.326 e. The maximum atomic E-state index is 12.8. The van der Waals surface area contributed by atoms with Gasteiger partial charge in [0.15, 0.2) is 0 Å². The number of carbonyl (C=O) groups excluding carboxylic acids is 2. The summed E-state index contributed by atoms with van der Waals surface area (Å²) < 4.78 is 0. The molecule has 0 aromatic heterocycles. The van der Waals surface area contributed by atoms with Crippen molar-refractivity contribution in [1.29, 1.82) is 0 Å². The molecule has 1 heterocycles. The van der Waals surface area contributed by atoms with Crippen molar-refractivity contribution >= 4 is 11.8 Å². The zero-order valence-corrected chi connectivity index (χ0v) is 11.7. The molecule has 0 aromatic rings. The molecule has 3 aliphatic carbocycles. The molecule has 4 heteroatoms. The van der Waals surface area contributed by atoms with Crippen molar-refractivity contribution in [1.82, 2.24) is 4.90 Å². The standard InChI is InChI=1S/C16H22N2O2/c17-11-4-2-1-3-5-12(11)18-15(19)13-9-6-7-10(8-9)14(13)16(18)20/h6-7,9-14H,1-5,8,17H2. The highest BCUT2D eigenvalue weighted by Gasteiger charge is 2.60. The number of hydrogen-bond acceptors (Lipinski definition) is 3. The van der Waals surface area contributed by atoms with Crippen LogP contribution in [0.4, 0.5) is 0 Å². The zero-order chi connectivity index (χ0) is 13.9. The highest BCUT2D eigenvalue weighted by atomic mass is 16.2. The SMILES string of the molecule is NC1CCCCCC1N1C(=O)C2C3C=CC(C3)C2C1=O. The van der Waals surface area contributed by atoms with Gasteiger partial charge in [-0.15, -0.1) is 0 Å². The monoisotopic (exact) mass is 274 g/mol. The van der Waals surface area contributed by atoms with E-state index in [9.17, 15) is 9.59 Å². The second-order valence-electron chi connectivity index (χ2n) is 6.92. The zero-order valence-electron chi connectivity index (χ0n) is 11.7. The Morgan fingerprint density at radius 1 is 0.950 bits per heavy atom. The van der Waals surface area contributed by atoms with Crippen LogP contribution >= 0.6 is 0 Å². The van der Waals surface area contributed by atoms with Crippen LogP contribution in [0.15, 0.2) is 12.2 Å². The molecule has 4 nitrogen and oxygen atoms in total. The molecule has 4 rings (SSSR count). The molecule has 0 aromatic carbocycles. The fourth-order valence-corrected chi connectivity index (χ4v) is 4.89. The minimum atomic E-state index is -0.0760. The quantitative estimate of drug-likeness (QED) is 0.447. The van der Waals surface area contributed by atoms with Crippen molar-refractivity contribution in [3.05, 3.63) is 12.2 Å². The van der Waals surface area contributed by atoms with Gasteiger partial charge in [-0.2, -0.15) is 0 Å². The molecule has 0 spiro atoms. The van der Waals surface area contributed by atoms with Gasteiger partial charge >= 0.3 is 0 Å². The fourth-order valence-electron chi connectivity index (χ4n) is 4.89. The molecular weight excluding hydrogens is 252 g/mol. The van der Waals surface area contributed by atoms with E-state index in [2.05, 4.69) is 12.2 Å². The van der Waals surface area contributed by atoms with E-state index < -0.39 is 0 Å². The summed E-state index contributed by atoms with van der Waals surface area (Å²) in [4.78, 5) is 27.1. The summed E-state index contributed by atoms with van der Waals surface area (Å²) in [6.45, 7) is 0. The van der Waals surface area contributed by atoms with E-state index >= 15 is 0 Å². The lowest BCUT2D eigenvalue weighted by Crippen LogP contribution is -2.50. The van der Waals surface area contributed by atoms with Crippen molar-refractivity contribution in [2.24, 2.45) is 29.4 Å². The van der Waals surface area contributed by atoms with E-state index in [0.717, 1.165) is 32.1 Å². The lowest BCUT2D eigenvalue weighted by atomic mass is 9.85. The lowest BCUT2D eigenvalue weighted by Gasteiger charge is -2.31. The summed E-state index contributed by atoms with van der Waals surface area (Å²) >= 11 is 0. The van der Waals surface area contributed by atoms with Crippen molar-refractivity contribution in [3.8, 4) is 0 Å². The van der Waals surface area contributed by atoms with Crippen LogP contribution in [0.2, 0.25) is 0 Å². The number of imide groups is 1. The van der Waals surface area contributed by atoms with Crippen LogP contribution in [0.1, 0.15) is 38.5 Å². The van der Waals surface area contributed by atoms with Gasteiger partial charge in [-0.1, -0.05) is 31.4 Å². The Kier molecular flexibility index (Phi) is 2.78. The molecule has 3 fully saturated rings. The van der Waals surface area contributed by atoms with Gasteiger partial charge in [0.25, 0.3) is 0 Å². The van der Waals surface area contributed by atoms with Gasteiger partial charge in [-0.25, -0.2) is 0 Å². The maximum absolute atomic E-state index is 12.8. The smallest absolute Gasteiger partial charge is 0.234 e. The lowest BCUT2D eigenvalue weighted by molar-refractivity contribution is -0.144. The predicted octanol–water partition coefficient (Wildman–Crippen LogP) is 1.45. The Labute approximate surface area is 119 Å². The summed E-state index contributed by atoms with van der Waals surface area (Å²) in [7, 11) is 0. The van der Waals surface area contributed by atoms with Crippen LogP contribution in [0.5, 0.6) is 0 Å². The topological polar surface area (TPSA) is 63.4 Å². The third kappa shape index (κ3) is 1.57. The van der Waals surface area contributed by atoms with Crippen LogP contribution in [0, 0.1) is 23.7 Å². The van der Waals surface area contributed by atoms with E-state index in [1.54, 1.807) is 4.90 Å². The number of fused-ring (bicyclic) bond motifs is 5. The van der Waals surface area contributed by atoms with Crippen molar-refractivity contribution < 1.29 is 9.59 Å². The second kappa shape index (κ2) is 4.42. The molecule has 0 radical (unpaired) electrons. The fraction of sp³-hybridized carbons (Fsp3) is 0.750. The van der Waals surface area contributed by atoms with E-state index in [0.29, 0.717) is 11.8 Å². The molecule has 6 atom stereocenters. The first-order chi connectivity index (χ1) is 9.68. The Morgan fingerprint density at radius 3 is 2.20 bits per heavy atom. The van der Waals surface area contributed by atoms with Gasteiger partial charge in [0.2, 0.25) is 11.8 Å². The molecular formula is C16H22N2O2. The van der Waals surface area contributed by atoms with Crippen LogP contribution in [-0.2, 0) is 9.59 Å².